The third kappa shape index (κ3) is 8.96. The highest BCUT2D eigenvalue weighted by Gasteiger charge is 2.23. The summed E-state index contributed by atoms with van der Waals surface area (Å²) in [7, 11) is 0. The molecular weight excluding hydrogens is 662 g/mol. The van der Waals surface area contributed by atoms with Gasteiger partial charge < -0.3 is 16.0 Å². The van der Waals surface area contributed by atoms with Crippen LogP contribution in [0.25, 0.3) is 17.2 Å². The van der Waals surface area contributed by atoms with Crippen LogP contribution in [0, 0.1) is 0 Å². The van der Waals surface area contributed by atoms with Crippen LogP contribution in [-0.4, -0.2) is 17.7 Å². The van der Waals surface area contributed by atoms with Crippen LogP contribution in [0.3, 0.4) is 0 Å². The van der Waals surface area contributed by atoms with Crippen molar-refractivity contribution in [2.45, 2.75) is 10.1 Å². The zero-order chi connectivity index (χ0) is 34.7. The number of carbonyl (C=O) groups excluding carboxylic acids is 3. The molecule has 0 fully saturated rings. The second kappa shape index (κ2) is 16.5. The molecule has 0 aliphatic rings. The molecule has 50 heavy (non-hydrogen) atoms. The Balaban J connectivity index is 1.20. The number of anilines is 2. The van der Waals surface area contributed by atoms with Gasteiger partial charge in [0.2, 0.25) is 5.91 Å². The summed E-state index contributed by atoms with van der Waals surface area (Å²) in [6.45, 7) is 0. The Morgan fingerprint density at radius 3 is 1.84 bits per heavy atom. The maximum absolute atomic E-state index is 13.6. The van der Waals surface area contributed by atoms with Gasteiger partial charge in [-0.3, -0.25) is 14.4 Å². The van der Waals surface area contributed by atoms with Gasteiger partial charge in [-0.2, -0.15) is 0 Å². The Kier molecular flexibility index (Phi) is 11.2. The van der Waals surface area contributed by atoms with E-state index in [2.05, 4.69) is 16.0 Å². The molecule has 0 saturated carbocycles. The average molecular weight is 694 g/mol. The highest BCUT2D eigenvalue weighted by Crippen LogP contribution is 2.37. The third-order valence-electron chi connectivity index (χ3n) is 7.70. The van der Waals surface area contributed by atoms with E-state index in [1.807, 2.05) is 109 Å². The van der Waals surface area contributed by atoms with Crippen molar-refractivity contribution in [2.24, 2.45) is 0 Å². The Morgan fingerprint density at radius 1 is 0.600 bits per heavy atom. The van der Waals surface area contributed by atoms with Crippen molar-refractivity contribution >= 4 is 58.5 Å². The molecule has 6 aromatic rings. The summed E-state index contributed by atoms with van der Waals surface area (Å²) < 4.78 is 0. The molecular formula is C42H32ClN3O3S. The van der Waals surface area contributed by atoms with Crippen LogP contribution in [0.1, 0.15) is 26.7 Å². The number of amides is 3. The zero-order valence-electron chi connectivity index (χ0n) is 26.8. The molecule has 0 radical (unpaired) electrons. The van der Waals surface area contributed by atoms with E-state index in [0.29, 0.717) is 22.0 Å². The molecule has 1 unspecified atom stereocenters. The second-order valence-electron chi connectivity index (χ2n) is 11.2. The molecule has 1 atom stereocenters. The van der Waals surface area contributed by atoms with Crippen molar-refractivity contribution in [1.29, 1.82) is 0 Å². The lowest BCUT2D eigenvalue weighted by atomic mass is 10.0. The van der Waals surface area contributed by atoms with Gasteiger partial charge in [0.1, 0.15) is 10.9 Å². The van der Waals surface area contributed by atoms with Gasteiger partial charge in [-0.1, -0.05) is 127 Å². The smallest absolute Gasteiger partial charge is 0.272 e. The first kappa shape index (κ1) is 34.0. The lowest BCUT2D eigenvalue weighted by molar-refractivity contribution is -0.116. The lowest BCUT2D eigenvalue weighted by Gasteiger charge is -2.18. The van der Waals surface area contributed by atoms with E-state index in [0.717, 1.165) is 27.1 Å². The maximum Gasteiger partial charge on any atom is 0.272 e. The number of thioether (sulfide) groups is 1. The SMILES string of the molecule is O=C(Nc1ccc(SC(C(=O)Nc2ccccc2Cl)c2ccccc2)cc1)/C(=C/c1ccc(-c2ccccc2)cc1)NC(=O)c1ccccc1. The number of para-hydroxylation sites is 1. The Morgan fingerprint density at radius 2 is 1.18 bits per heavy atom. The molecule has 8 heteroatoms. The highest BCUT2D eigenvalue weighted by atomic mass is 35.5. The van der Waals surface area contributed by atoms with Crippen LogP contribution < -0.4 is 16.0 Å². The summed E-state index contributed by atoms with van der Waals surface area (Å²) in [4.78, 5) is 41.1. The van der Waals surface area contributed by atoms with E-state index in [1.165, 1.54) is 11.8 Å². The normalized spacial score (nSPS) is 11.7. The van der Waals surface area contributed by atoms with Crippen LogP contribution in [-0.2, 0) is 9.59 Å². The molecule has 0 aromatic heterocycles. The standard InChI is InChI=1S/C42H32ClN3O3S/c43-36-18-10-11-19-37(36)45-42(49)39(32-14-6-2-7-15-32)50-35-26-24-34(25-27-35)44-41(48)38(46-40(47)33-16-8-3-9-17-33)28-29-20-22-31(23-21-29)30-12-4-1-5-13-30/h1-28,39H,(H,44,48)(H,45,49)(H,46,47)/b38-28-. The molecule has 246 valence electrons. The van der Waals surface area contributed by atoms with Crippen molar-refractivity contribution in [2.75, 3.05) is 10.6 Å². The van der Waals surface area contributed by atoms with Crippen molar-refractivity contribution in [3.63, 3.8) is 0 Å². The fourth-order valence-corrected chi connectivity index (χ4v) is 6.33. The molecule has 3 amide bonds. The predicted octanol–water partition coefficient (Wildman–Crippen LogP) is 9.89. The summed E-state index contributed by atoms with van der Waals surface area (Å²) in [6.07, 6.45) is 1.65. The second-order valence-corrected chi connectivity index (χ2v) is 12.8. The number of rotatable bonds is 11. The molecule has 0 aliphatic heterocycles. The van der Waals surface area contributed by atoms with Gasteiger partial charge in [0.05, 0.1) is 10.7 Å². The number of nitrogens with one attached hydrogen (secondary N) is 3. The van der Waals surface area contributed by atoms with E-state index in [1.54, 1.807) is 60.7 Å². The molecule has 0 heterocycles. The topological polar surface area (TPSA) is 87.3 Å². The Hall–Kier alpha value is -5.89. The fraction of sp³-hybridized carbons (Fsp3) is 0.0238. The van der Waals surface area contributed by atoms with E-state index in [9.17, 15) is 14.4 Å². The Labute approximate surface area is 300 Å². The summed E-state index contributed by atoms with van der Waals surface area (Å²) in [5.74, 6) is -1.10. The maximum atomic E-state index is 13.6. The minimum atomic E-state index is -0.566. The van der Waals surface area contributed by atoms with Gasteiger partial charge in [0, 0.05) is 16.1 Å². The molecule has 6 aromatic carbocycles. The van der Waals surface area contributed by atoms with Gasteiger partial charge in [0.25, 0.3) is 11.8 Å². The van der Waals surface area contributed by atoms with Crippen LogP contribution in [0.5, 0.6) is 0 Å². The summed E-state index contributed by atoms with van der Waals surface area (Å²) >= 11 is 7.69. The van der Waals surface area contributed by atoms with Gasteiger partial charge in [0.15, 0.2) is 0 Å². The molecule has 6 nitrogen and oxygen atoms in total. The van der Waals surface area contributed by atoms with Crippen molar-refractivity contribution in [3.05, 3.63) is 191 Å². The first-order valence-corrected chi connectivity index (χ1v) is 17.1. The highest BCUT2D eigenvalue weighted by molar-refractivity contribution is 8.00. The third-order valence-corrected chi connectivity index (χ3v) is 9.29. The van der Waals surface area contributed by atoms with Crippen LogP contribution in [0.2, 0.25) is 5.02 Å². The minimum absolute atomic E-state index is 0.0881. The van der Waals surface area contributed by atoms with Crippen LogP contribution >= 0.6 is 23.4 Å². The predicted molar refractivity (Wildman–Crippen MR) is 204 cm³/mol. The first-order valence-electron chi connectivity index (χ1n) is 15.8. The van der Waals surface area contributed by atoms with E-state index in [4.69, 9.17) is 11.6 Å². The molecule has 0 spiro atoms. The number of hydrogen-bond donors (Lipinski definition) is 3. The van der Waals surface area contributed by atoms with E-state index in [-0.39, 0.29) is 11.6 Å². The largest absolute Gasteiger partial charge is 0.323 e. The van der Waals surface area contributed by atoms with Gasteiger partial charge >= 0.3 is 0 Å². The number of halogens is 1. The van der Waals surface area contributed by atoms with Crippen molar-refractivity contribution < 1.29 is 14.4 Å². The Bertz CT molecular complexity index is 2110. The van der Waals surface area contributed by atoms with Crippen molar-refractivity contribution in [3.8, 4) is 11.1 Å². The first-order chi connectivity index (χ1) is 24.4. The van der Waals surface area contributed by atoms with Gasteiger partial charge in [-0.15, -0.1) is 11.8 Å². The van der Waals surface area contributed by atoms with Crippen LogP contribution in [0.4, 0.5) is 11.4 Å². The van der Waals surface area contributed by atoms with E-state index >= 15 is 0 Å². The van der Waals surface area contributed by atoms with Crippen molar-refractivity contribution in [1.82, 2.24) is 5.32 Å². The lowest BCUT2D eigenvalue weighted by Crippen LogP contribution is -2.30. The molecule has 6 rings (SSSR count). The molecule has 0 saturated heterocycles. The van der Waals surface area contributed by atoms with Crippen LogP contribution in [0.15, 0.2) is 174 Å². The summed E-state index contributed by atoms with van der Waals surface area (Å²) in [5.41, 5.74) is 5.28. The number of benzene rings is 6. The monoisotopic (exact) mass is 693 g/mol. The summed E-state index contributed by atoms with van der Waals surface area (Å²) in [5, 5.41) is 8.53. The zero-order valence-corrected chi connectivity index (χ0v) is 28.3. The average Bonchev–Trinajstić information content (AvgIpc) is 3.16. The number of carbonyl (C=O) groups is 3. The quantitative estimate of drug-likeness (QED) is 0.0931. The van der Waals surface area contributed by atoms with Gasteiger partial charge in [-0.05, 0) is 76.9 Å². The number of hydrogen-bond acceptors (Lipinski definition) is 4. The van der Waals surface area contributed by atoms with Gasteiger partial charge in [-0.25, -0.2) is 0 Å². The van der Waals surface area contributed by atoms with E-state index < -0.39 is 17.1 Å². The molecule has 0 bridgehead atoms. The molecule has 0 aliphatic carbocycles. The molecule has 3 N–H and O–H groups in total. The minimum Gasteiger partial charge on any atom is -0.323 e. The summed E-state index contributed by atoms with van der Waals surface area (Å²) in [6, 6.07) is 50.3. The fourth-order valence-electron chi connectivity index (χ4n) is 5.12.